The molecule has 1 aromatic heterocycles. The van der Waals surface area contributed by atoms with Gasteiger partial charge in [-0.3, -0.25) is 4.90 Å². The first-order valence-electron chi connectivity index (χ1n) is 7.32. The maximum Gasteiger partial charge on any atom is 0.250 e. The summed E-state index contributed by atoms with van der Waals surface area (Å²) in [6, 6.07) is 6.57. The van der Waals surface area contributed by atoms with Gasteiger partial charge in [0.25, 0.3) is 5.89 Å². The van der Waals surface area contributed by atoms with Crippen LogP contribution in [0.5, 0.6) is 0 Å². The van der Waals surface area contributed by atoms with E-state index in [0.717, 1.165) is 30.8 Å². The van der Waals surface area contributed by atoms with E-state index in [2.05, 4.69) is 27.4 Å². The summed E-state index contributed by atoms with van der Waals surface area (Å²) in [6.07, 6.45) is 1.78. The molecule has 1 aliphatic rings. The monoisotopic (exact) mass is 302 g/mol. The Hall–Kier alpha value is -2.05. The van der Waals surface area contributed by atoms with Gasteiger partial charge in [-0.15, -0.1) is 0 Å². The second-order valence-electron chi connectivity index (χ2n) is 5.53. The molecule has 6 heteroatoms. The van der Waals surface area contributed by atoms with Gasteiger partial charge in [-0.25, -0.2) is 4.39 Å². The number of nitrogens with zero attached hydrogens (tertiary/aromatic N) is 3. The second-order valence-corrected chi connectivity index (χ2v) is 5.53. The molecule has 1 unspecified atom stereocenters. The lowest BCUT2D eigenvalue weighted by Gasteiger charge is -2.30. The van der Waals surface area contributed by atoms with E-state index in [0.29, 0.717) is 11.7 Å². The third-order valence-electron chi connectivity index (χ3n) is 3.89. The van der Waals surface area contributed by atoms with Crippen molar-refractivity contribution in [2.24, 2.45) is 0 Å². The van der Waals surface area contributed by atoms with Crippen molar-refractivity contribution in [1.29, 1.82) is 0 Å². The molecule has 1 N–H and O–H groups in total. The van der Waals surface area contributed by atoms with E-state index in [1.165, 1.54) is 12.1 Å². The van der Waals surface area contributed by atoms with Crippen LogP contribution in [0.25, 0.3) is 11.6 Å². The highest BCUT2D eigenvalue weighted by Crippen LogP contribution is 2.21. The lowest BCUT2D eigenvalue weighted by molar-refractivity contribution is 0.190. The zero-order valence-corrected chi connectivity index (χ0v) is 12.7. The van der Waals surface area contributed by atoms with Crippen LogP contribution in [0.4, 0.5) is 4.39 Å². The molecule has 116 valence electrons. The highest BCUT2D eigenvalue weighted by atomic mass is 19.1. The molecule has 22 heavy (non-hydrogen) atoms. The molecule has 5 nitrogen and oxygen atoms in total. The average Bonchev–Trinajstić information content (AvgIpc) is 2.96. The fraction of sp³-hybridized carbons (Fsp3) is 0.375. The third kappa shape index (κ3) is 3.23. The van der Waals surface area contributed by atoms with Gasteiger partial charge in [0.05, 0.1) is 6.04 Å². The Morgan fingerprint density at radius 3 is 3.14 bits per heavy atom. The summed E-state index contributed by atoms with van der Waals surface area (Å²) in [4.78, 5) is 6.65. The Balaban J connectivity index is 1.80. The van der Waals surface area contributed by atoms with Crippen molar-refractivity contribution in [3.05, 3.63) is 47.4 Å². The summed E-state index contributed by atoms with van der Waals surface area (Å²) in [5.74, 6) is 0.857. The van der Waals surface area contributed by atoms with Gasteiger partial charge in [0.15, 0.2) is 5.82 Å². The number of hydrogen-bond acceptors (Lipinski definition) is 5. The van der Waals surface area contributed by atoms with Gasteiger partial charge in [-0.1, -0.05) is 17.3 Å². The van der Waals surface area contributed by atoms with E-state index >= 15 is 0 Å². The summed E-state index contributed by atoms with van der Waals surface area (Å²) in [7, 11) is 2.05. The number of likely N-dealkylation sites (N-methyl/N-ethyl adjacent to an activating group) is 1. The van der Waals surface area contributed by atoms with Crippen molar-refractivity contribution in [2.45, 2.75) is 13.0 Å². The van der Waals surface area contributed by atoms with Gasteiger partial charge in [-0.05, 0) is 37.2 Å². The van der Waals surface area contributed by atoms with Crippen molar-refractivity contribution >= 4 is 11.6 Å². The molecule has 0 radical (unpaired) electrons. The first-order valence-corrected chi connectivity index (χ1v) is 7.32. The molecule has 2 heterocycles. The first kappa shape index (κ1) is 14.9. The highest BCUT2D eigenvalue weighted by molar-refractivity contribution is 5.77. The standard InChI is InChI=1S/C16H19FN4O/c1-11(12-4-3-5-13(17)9-12)8-15-19-16(20-22-15)14-10-18-6-7-21(14)2/h3-5,8-9,14,18H,6-7,10H2,1-2H3/b11-8-. The number of allylic oxidation sites excluding steroid dienone is 1. The first-order chi connectivity index (χ1) is 10.6. The van der Waals surface area contributed by atoms with Gasteiger partial charge in [0.1, 0.15) is 5.82 Å². The zero-order chi connectivity index (χ0) is 15.5. The molecule has 1 saturated heterocycles. The van der Waals surface area contributed by atoms with Crippen LogP contribution in [-0.4, -0.2) is 41.7 Å². The molecular formula is C16H19FN4O. The van der Waals surface area contributed by atoms with Crippen LogP contribution in [0.1, 0.15) is 30.2 Å². The summed E-state index contributed by atoms with van der Waals surface area (Å²) in [5.41, 5.74) is 1.68. The van der Waals surface area contributed by atoms with E-state index in [1.807, 2.05) is 13.0 Å². The molecule has 1 atom stereocenters. The fourth-order valence-corrected chi connectivity index (χ4v) is 2.54. The molecule has 3 rings (SSSR count). The molecule has 0 amide bonds. The van der Waals surface area contributed by atoms with Crippen LogP contribution in [0.15, 0.2) is 28.8 Å². The Labute approximate surface area is 128 Å². The van der Waals surface area contributed by atoms with Crippen molar-refractivity contribution in [1.82, 2.24) is 20.4 Å². The molecule has 1 aromatic carbocycles. The smallest absolute Gasteiger partial charge is 0.250 e. The van der Waals surface area contributed by atoms with Crippen molar-refractivity contribution in [3.8, 4) is 0 Å². The molecule has 1 fully saturated rings. The Morgan fingerprint density at radius 1 is 1.50 bits per heavy atom. The van der Waals surface area contributed by atoms with Gasteiger partial charge in [0, 0.05) is 25.7 Å². The SMILES string of the molecule is C/C(=C/c1nc(C2CNCCN2C)no1)c1cccc(F)c1. The maximum absolute atomic E-state index is 13.3. The minimum absolute atomic E-state index is 0.120. The summed E-state index contributed by atoms with van der Waals surface area (Å²) >= 11 is 0. The normalized spacial score (nSPS) is 20.3. The van der Waals surface area contributed by atoms with Gasteiger partial charge in [0.2, 0.25) is 0 Å². The van der Waals surface area contributed by atoms with Crippen LogP contribution in [0.2, 0.25) is 0 Å². The Bertz CT molecular complexity index is 682. The maximum atomic E-state index is 13.3. The predicted molar refractivity (Wildman–Crippen MR) is 82.5 cm³/mol. The van der Waals surface area contributed by atoms with Gasteiger partial charge in [-0.2, -0.15) is 4.98 Å². The van der Waals surface area contributed by atoms with E-state index in [9.17, 15) is 4.39 Å². The lowest BCUT2D eigenvalue weighted by Crippen LogP contribution is -2.44. The van der Waals surface area contributed by atoms with E-state index in [-0.39, 0.29) is 11.9 Å². The van der Waals surface area contributed by atoms with E-state index < -0.39 is 0 Å². The number of hydrogen-bond donors (Lipinski definition) is 1. The van der Waals surface area contributed by atoms with Crippen LogP contribution in [-0.2, 0) is 0 Å². The highest BCUT2D eigenvalue weighted by Gasteiger charge is 2.24. The van der Waals surface area contributed by atoms with Crippen LogP contribution in [0.3, 0.4) is 0 Å². The molecule has 1 aliphatic heterocycles. The lowest BCUT2D eigenvalue weighted by atomic mass is 10.1. The van der Waals surface area contributed by atoms with Gasteiger partial charge >= 0.3 is 0 Å². The summed E-state index contributed by atoms with van der Waals surface area (Å²) in [6.45, 7) is 4.62. The Morgan fingerprint density at radius 2 is 2.36 bits per heavy atom. The van der Waals surface area contributed by atoms with Crippen molar-refractivity contribution < 1.29 is 8.91 Å². The summed E-state index contributed by atoms with van der Waals surface area (Å²) < 4.78 is 18.6. The fourth-order valence-electron chi connectivity index (χ4n) is 2.54. The molecular weight excluding hydrogens is 283 g/mol. The van der Waals surface area contributed by atoms with E-state index in [1.54, 1.807) is 12.1 Å². The number of aromatic nitrogens is 2. The van der Waals surface area contributed by atoms with Gasteiger partial charge < -0.3 is 9.84 Å². The molecule has 2 aromatic rings. The van der Waals surface area contributed by atoms with Crippen molar-refractivity contribution in [2.75, 3.05) is 26.7 Å². The predicted octanol–water partition coefficient (Wildman–Crippen LogP) is 2.35. The number of benzene rings is 1. The van der Waals surface area contributed by atoms with E-state index in [4.69, 9.17) is 4.52 Å². The van der Waals surface area contributed by atoms with Crippen LogP contribution in [0, 0.1) is 5.82 Å². The van der Waals surface area contributed by atoms with Crippen molar-refractivity contribution in [3.63, 3.8) is 0 Å². The second kappa shape index (κ2) is 6.37. The minimum atomic E-state index is -0.258. The number of rotatable bonds is 3. The molecule has 0 aliphatic carbocycles. The summed E-state index contributed by atoms with van der Waals surface area (Å²) in [5, 5.41) is 7.39. The number of halogens is 1. The quantitative estimate of drug-likeness (QED) is 0.943. The Kier molecular flexibility index (Phi) is 4.31. The largest absolute Gasteiger partial charge is 0.335 e. The van der Waals surface area contributed by atoms with Crippen LogP contribution >= 0.6 is 0 Å². The minimum Gasteiger partial charge on any atom is -0.335 e. The molecule has 0 spiro atoms. The molecule has 0 saturated carbocycles. The topological polar surface area (TPSA) is 54.2 Å². The molecule has 0 bridgehead atoms. The third-order valence-corrected chi connectivity index (χ3v) is 3.89. The zero-order valence-electron chi connectivity index (χ0n) is 12.7. The average molecular weight is 302 g/mol. The number of piperazine rings is 1. The number of nitrogens with one attached hydrogen (secondary N) is 1. The van der Waals surface area contributed by atoms with Crippen LogP contribution < -0.4 is 5.32 Å².